The number of hydrogen-bond donors (Lipinski definition) is 0. The Morgan fingerprint density at radius 2 is 0.661 bits per heavy atom. The van der Waals surface area contributed by atoms with E-state index in [4.69, 9.17) is 0 Å². The third-order valence-electron chi connectivity index (χ3n) is 12.2. The third-order valence-corrected chi connectivity index (χ3v) is 12.2. The molecule has 1 aliphatic carbocycles. The summed E-state index contributed by atoms with van der Waals surface area (Å²) < 4.78 is 0. The summed E-state index contributed by atoms with van der Waals surface area (Å²) in [7, 11) is 0. The standard InChI is InChI=1S/C40H20N8O8/c49-31-19-9-1-5-13-23(19)41-35(53)36(54)42-24-14-6-2-10-20(24)32(50)46-28-18-30-29(17-27(28)45(31)39(41,42)46)47-33(51)21-11-3-7-15-25(21)43-37(55)38(56)44-26-16-8-4-12-22(26)34(52)48(30)40(43,44)47/h1-3,5-7,9-18H,4,8H2. The first-order valence-corrected chi connectivity index (χ1v) is 17.8. The van der Waals surface area contributed by atoms with Crippen molar-refractivity contribution in [2.45, 2.75) is 24.7 Å². The SMILES string of the molecule is O=C1C(=O)N2c3ccccc3C(=O)N3c4cc5c(cc4N4C(=O)C6=CCCC=C6N1C243)N1C(=O)c2ccccc2N2C(=O)C(=O)N3c4ccccc4C(=O)N5C231. The van der Waals surface area contributed by atoms with Gasteiger partial charge in [-0.05, 0) is 61.4 Å². The molecule has 2 atom stereocenters. The maximum Gasteiger partial charge on any atom is 0.322 e. The lowest BCUT2D eigenvalue weighted by Crippen LogP contribution is -2.79. The van der Waals surface area contributed by atoms with E-state index in [1.54, 1.807) is 48.6 Å². The number of carbonyl (C=O) groups excluding carboxylic acids is 8. The van der Waals surface area contributed by atoms with Crippen molar-refractivity contribution < 1.29 is 38.4 Å². The molecule has 2 spiro atoms. The molecule has 0 radical (unpaired) electrons. The maximum absolute atomic E-state index is 15.0. The van der Waals surface area contributed by atoms with Crippen molar-refractivity contribution in [2.75, 3.05) is 34.3 Å². The summed E-state index contributed by atoms with van der Waals surface area (Å²) in [5.41, 5.74) is 1.04. The van der Waals surface area contributed by atoms with Gasteiger partial charge in [-0.15, -0.1) is 0 Å². The van der Waals surface area contributed by atoms with E-state index in [9.17, 15) is 33.6 Å². The number of rotatable bonds is 0. The van der Waals surface area contributed by atoms with Crippen molar-refractivity contribution in [1.29, 1.82) is 0 Å². The molecule has 0 aromatic heterocycles. The van der Waals surface area contributed by atoms with Crippen LogP contribution in [0.5, 0.6) is 0 Å². The van der Waals surface area contributed by atoms with Crippen LogP contribution in [-0.4, -0.2) is 64.0 Å². The van der Waals surface area contributed by atoms with Crippen LogP contribution >= 0.6 is 0 Å². The zero-order valence-corrected chi connectivity index (χ0v) is 28.5. The monoisotopic (exact) mass is 740 g/mol. The molecule has 4 aromatic carbocycles. The number of nitrogens with zero attached hydrogens (tertiary/aromatic N) is 8. The van der Waals surface area contributed by atoms with Crippen molar-refractivity contribution in [3.05, 3.63) is 125 Å². The predicted octanol–water partition coefficient (Wildman–Crippen LogP) is 2.72. The Hall–Kier alpha value is -7.88. The predicted molar refractivity (Wildman–Crippen MR) is 194 cm³/mol. The summed E-state index contributed by atoms with van der Waals surface area (Å²) in [6.07, 6.45) is 4.33. The molecule has 16 nitrogen and oxygen atoms in total. The minimum atomic E-state index is -2.20. The maximum atomic E-state index is 15.0. The highest BCUT2D eigenvalue weighted by Crippen LogP contribution is 2.65. The molecule has 268 valence electrons. The van der Waals surface area contributed by atoms with E-state index < -0.39 is 59.1 Å². The Labute approximate surface area is 313 Å². The summed E-state index contributed by atoms with van der Waals surface area (Å²) in [6, 6.07) is 21.7. The summed E-state index contributed by atoms with van der Waals surface area (Å²) in [4.78, 5) is 127. The Kier molecular flexibility index (Phi) is 4.70. The van der Waals surface area contributed by atoms with Crippen LogP contribution < -0.4 is 34.3 Å². The van der Waals surface area contributed by atoms with Gasteiger partial charge in [-0.2, -0.15) is 0 Å². The van der Waals surface area contributed by atoms with Gasteiger partial charge in [-0.3, -0.25) is 38.4 Å². The molecular weight excluding hydrogens is 720 g/mol. The molecule has 2 unspecified atom stereocenters. The van der Waals surface area contributed by atoms with Gasteiger partial charge in [0.2, 0.25) is 0 Å². The van der Waals surface area contributed by atoms with Gasteiger partial charge in [-0.1, -0.05) is 48.6 Å². The van der Waals surface area contributed by atoms with Gasteiger partial charge in [0.15, 0.2) is 0 Å². The first-order chi connectivity index (χ1) is 27.2. The fourth-order valence-corrected chi connectivity index (χ4v) is 10.2. The van der Waals surface area contributed by atoms with Crippen LogP contribution in [-0.2, 0) is 24.0 Å². The van der Waals surface area contributed by atoms with Gasteiger partial charge in [0.25, 0.3) is 23.6 Å². The number of fused-ring (bicyclic) bond motifs is 14. The number of benzene rings is 4. The van der Waals surface area contributed by atoms with Crippen LogP contribution in [0.2, 0.25) is 0 Å². The van der Waals surface area contributed by atoms with E-state index in [0.717, 1.165) is 14.7 Å². The topological polar surface area (TPSA) is 162 Å². The van der Waals surface area contributed by atoms with Gasteiger partial charge >= 0.3 is 35.5 Å². The minimum Gasteiger partial charge on any atom is -0.268 e. The molecule has 8 amide bonds. The third kappa shape index (κ3) is 2.65. The van der Waals surface area contributed by atoms with Crippen LogP contribution in [0.15, 0.2) is 108 Å². The van der Waals surface area contributed by atoms with E-state index in [-0.39, 0.29) is 67.8 Å². The quantitative estimate of drug-likeness (QED) is 0.249. The molecule has 3 fully saturated rings. The summed E-state index contributed by atoms with van der Waals surface area (Å²) in [5, 5.41) is 0. The number of hydrogen-bond acceptors (Lipinski definition) is 8. The van der Waals surface area contributed by atoms with Crippen LogP contribution in [0.1, 0.15) is 43.9 Å². The van der Waals surface area contributed by atoms with Crippen molar-refractivity contribution >= 4 is 87.1 Å². The highest BCUT2D eigenvalue weighted by atomic mass is 16.2. The van der Waals surface area contributed by atoms with E-state index in [2.05, 4.69) is 0 Å². The smallest absolute Gasteiger partial charge is 0.268 e. The van der Waals surface area contributed by atoms with Gasteiger partial charge in [0.1, 0.15) is 0 Å². The summed E-state index contributed by atoms with van der Waals surface area (Å²) in [6.45, 7) is 0. The second kappa shape index (κ2) is 8.90. The zero-order chi connectivity index (χ0) is 37.9. The number of amides is 8. The summed E-state index contributed by atoms with van der Waals surface area (Å²) in [5.74, 6) is -10.9. The number of para-hydroxylation sites is 3. The summed E-state index contributed by atoms with van der Waals surface area (Å²) >= 11 is 0. The Morgan fingerprint density at radius 3 is 1.09 bits per heavy atom. The van der Waals surface area contributed by atoms with Gasteiger partial charge in [-0.25, -0.2) is 39.2 Å². The minimum absolute atomic E-state index is 0.0295. The second-order valence-electron chi connectivity index (χ2n) is 14.5. The lowest BCUT2D eigenvalue weighted by molar-refractivity contribution is -0.140. The van der Waals surface area contributed by atoms with Crippen LogP contribution in [0.25, 0.3) is 0 Å². The van der Waals surface area contributed by atoms with Gasteiger partial charge in [0.05, 0.1) is 67.8 Å². The van der Waals surface area contributed by atoms with Crippen molar-refractivity contribution in [2.24, 2.45) is 0 Å². The Morgan fingerprint density at radius 1 is 0.339 bits per heavy atom. The average molecular weight is 741 g/mol. The normalized spacial score (nSPS) is 25.4. The Balaban J connectivity index is 1.16. The van der Waals surface area contributed by atoms with Crippen LogP contribution in [0.4, 0.5) is 39.8 Å². The first-order valence-electron chi connectivity index (χ1n) is 17.8. The van der Waals surface area contributed by atoms with Crippen LogP contribution in [0, 0.1) is 0 Å². The first kappa shape index (κ1) is 29.6. The van der Waals surface area contributed by atoms with Gasteiger partial charge in [0, 0.05) is 0 Å². The lowest BCUT2D eigenvalue weighted by Gasteiger charge is -2.55. The van der Waals surface area contributed by atoms with E-state index in [1.165, 1.54) is 73.0 Å². The molecule has 9 aliphatic rings. The molecule has 8 heterocycles. The lowest BCUT2D eigenvalue weighted by atomic mass is 9.96. The zero-order valence-electron chi connectivity index (χ0n) is 28.5. The fraction of sp³-hybridized carbons (Fsp3) is 0.100. The molecule has 8 aliphatic heterocycles. The molecule has 0 bridgehead atoms. The Bertz CT molecular complexity index is 2900. The fourth-order valence-electron chi connectivity index (χ4n) is 10.2. The average Bonchev–Trinajstić information content (AvgIpc) is 3.84. The van der Waals surface area contributed by atoms with E-state index in [1.807, 2.05) is 0 Å². The van der Waals surface area contributed by atoms with Crippen LogP contribution in [0.3, 0.4) is 0 Å². The molecule has 3 saturated heterocycles. The molecule has 4 aromatic rings. The molecule has 0 N–H and O–H groups in total. The van der Waals surface area contributed by atoms with E-state index >= 15 is 4.79 Å². The number of allylic oxidation sites excluding steroid dienone is 2. The number of anilines is 7. The largest absolute Gasteiger partial charge is 0.322 e. The molecule has 13 rings (SSSR count). The van der Waals surface area contributed by atoms with Gasteiger partial charge < -0.3 is 0 Å². The molecule has 16 heteroatoms. The number of carbonyl (C=O) groups is 8. The molecular formula is C40H20N8O8. The second-order valence-corrected chi connectivity index (χ2v) is 14.5. The highest BCUT2D eigenvalue weighted by Gasteiger charge is 2.78. The van der Waals surface area contributed by atoms with E-state index in [0.29, 0.717) is 12.8 Å². The van der Waals surface area contributed by atoms with Crippen molar-refractivity contribution in [3.63, 3.8) is 0 Å². The molecule has 0 saturated carbocycles. The van der Waals surface area contributed by atoms with Crippen molar-refractivity contribution in [1.82, 2.24) is 4.90 Å². The highest BCUT2D eigenvalue weighted by molar-refractivity contribution is 6.53. The molecule has 56 heavy (non-hydrogen) atoms. The van der Waals surface area contributed by atoms with Crippen molar-refractivity contribution in [3.8, 4) is 0 Å².